The van der Waals surface area contributed by atoms with Gasteiger partial charge in [0.15, 0.2) is 17.3 Å². The number of fused-ring (bicyclic) bond motifs is 1. The molecule has 0 radical (unpaired) electrons. The van der Waals surface area contributed by atoms with Crippen molar-refractivity contribution in [2.45, 2.75) is 25.8 Å². The van der Waals surface area contributed by atoms with Crippen molar-refractivity contribution in [3.8, 4) is 11.5 Å². The van der Waals surface area contributed by atoms with Gasteiger partial charge in [-0.3, -0.25) is 10.4 Å². The number of carbonyl (C=O) groups excluding carboxylic acids is 1. The van der Waals surface area contributed by atoms with Crippen LogP contribution in [0.5, 0.6) is 11.5 Å². The maximum atomic E-state index is 11.9. The Hall–Kier alpha value is -2.70. The summed E-state index contributed by atoms with van der Waals surface area (Å²) in [7, 11) is 3.18. The highest BCUT2D eigenvalue weighted by atomic mass is 16.5. The Morgan fingerprint density at radius 1 is 1.17 bits per heavy atom. The third kappa shape index (κ3) is 2.58. The number of ether oxygens (including phenoxy) is 2. The summed E-state index contributed by atoms with van der Waals surface area (Å²) in [5, 5.41) is 12.9. The van der Waals surface area contributed by atoms with Gasteiger partial charge >= 0.3 is 6.03 Å². The smallest absolute Gasteiger partial charge is 0.321 e. The number of benzene rings is 1. The van der Waals surface area contributed by atoms with Crippen LogP contribution in [0, 0.1) is 0 Å². The van der Waals surface area contributed by atoms with Crippen LogP contribution in [-0.4, -0.2) is 30.4 Å². The molecule has 2 aromatic rings. The minimum Gasteiger partial charge on any atom is -0.493 e. The van der Waals surface area contributed by atoms with Crippen LogP contribution in [-0.2, 0) is 0 Å². The fourth-order valence-electron chi connectivity index (χ4n) is 2.82. The van der Waals surface area contributed by atoms with Crippen molar-refractivity contribution < 1.29 is 14.3 Å². The molecule has 0 spiro atoms. The number of nitrogens with zero attached hydrogens (tertiary/aromatic N) is 1. The van der Waals surface area contributed by atoms with E-state index in [1.54, 1.807) is 14.2 Å². The number of amides is 2. The van der Waals surface area contributed by atoms with Gasteiger partial charge in [-0.05, 0) is 23.6 Å². The van der Waals surface area contributed by atoms with Gasteiger partial charge in [-0.1, -0.05) is 19.9 Å². The van der Waals surface area contributed by atoms with Gasteiger partial charge in [0.05, 0.1) is 20.3 Å². The Bertz CT molecular complexity index is 739. The molecule has 7 nitrogen and oxygen atoms in total. The summed E-state index contributed by atoms with van der Waals surface area (Å²) in [6.45, 7) is 4.16. The number of aromatic amines is 1. The number of methoxy groups -OCH3 is 2. The van der Waals surface area contributed by atoms with E-state index in [0.717, 1.165) is 16.8 Å². The highest BCUT2D eigenvalue weighted by Crippen LogP contribution is 2.38. The molecule has 3 rings (SSSR count). The predicted molar refractivity (Wildman–Crippen MR) is 86.2 cm³/mol. The molecule has 122 valence electrons. The van der Waals surface area contributed by atoms with Crippen molar-refractivity contribution in [3.05, 3.63) is 35.0 Å². The molecule has 3 N–H and O–H groups in total. The lowest BCUT2D eigenvalue weighted by atomic mass is 9.93. The third-order valence-electron chi connectivity index (χ3n) is 3.95. The quantitative estimate of drug-likeness (QED) is 0.809. The Morgan fingerprint density at radius 2 is 1.91 bits per heavy atom. The van der Waals surface area contributed by atoms with Crippen molar-refractivity contribution in [3.63, 3.8) is 0 Å². The second-order valence-electron chi connectivity index (χ2n) is 5.70. The lowest BCUT2D eigenvalue weighted by molar-refractivity contribution is 0.249. The molecule has 0 saturated carbocycles. The van der Waals surface area contributed by atoms with E-state index in [1.165, 1.54) is 0 Å². The topological polar surface area (TPSA) is 88.3 Å². The number of H-pyrrole nitrogens is 1. The number of aromatic nitrogens is 2. The molecular formula is C16H20N4O3. The zero-order chi connectivity index (χ0) is 16.6. The minimum atomic E-state index is -0.297. The molecule has 23 heavy (non-hydrogen) atoms. The van der Waals surface area contributed by atoms with Crippen LogP contribution in [0.25, 0.3) is 0 Å². The number of anilines is 1. The Morgan fingerprint density at radius 3 is 2.57 bits per heavy atom. The third-order valence-corrected chi connectivity index (χ3v) is 3.95. The van der Waals surface area contributed by atoms with Crippen LogP contribution in [0.1, 0.15) is 42.6 Å². The second kappa shape index (κ2) is 5.83. The first-order chi connectivity index (χ1) is 11.0. The van der Waals surface area contributed by atoms with Gasteiger partial charge in [0, 0.05) is 11.3 Å². The van der Waals surface area contributed by atoms with Gasteiger partial charge in [-0.15, -0.1) is 0 Å². The summed E-state index contributed by atoms with van der Waals surface area (Å²) >= 11 is 0. The van der Waals surface area contributed by atoms with Gasteiger partial charge in [0.1, 0.15) is 0 Å². The Kier molecular flexibility index (Phi) is 3.85. The number of nitrogens with one attached hydrogen (secondary N) is 3. The predicted octanol–water partition coefficient (Wildman–Crippen LogP) is 2.77. The fraction of sp³-hybridized carbons (Fsp3) is 0.375. The summed E-state index contributed by atoms with van der Waals surface area (Å²) in [5.41, 5.74) is 2.85. The maximum Gasteiger partial charge on any atom is 0.321 e. The Labute approximate surface area is 134 Å². The summed E-state index contributed by atoms with van der Waals surface area (Å²) in [6, 6.07) is 5.04. The number of urea groups is 1. The molecule has 1 aromatic heterocycles. The zero-order valence-electron chi connectivity index (χ0n) is 13.6. The highest BCUT2D eigenvalue weighted by molar-refractivity contribution is 5.92. The van der Waals surface area contributed by atoms with Crippen LogP contribution in [0.15, 0.2) is 18.2 Å². The van der Waals surface area contributed by atoms with Gasteiger partial charge in [-0.25, -0.2) is 4.79 Å². The molecule has 1 aliphatic heterocycles. The molecule has 2 amide bonds. The van der Waals surface area contributed by atoms with Crippen molar-refractivity contribution in [1.29, 1.82) is 0 Å². The lowest BCUT2D eigenvalue weighted by Gasteiger charge is -2.26. The minimum absolute atomic E-state index is 0.255. The number of hydrogen-bond acceptors (Lipinski definition) is 4. The average molecular weight is 316 g/mol. The van der Waals surface area contributed by atoms with Crippen molar-refractivity contribution >= 4 is 11.8 Å². The highest BCUT2D eigenvalue weighted by Gasteiger charge is 2.32. The second-order valence-corrected chi connectivity index (χ2v) is 5.70. The SMILES string of the molecule is COc1ccc(C2NC(=O)Nc3n[nH]c(C(C)C)c32)cc1OC. The van der Waals surface area contributed by atoms with Crippen molar-refractivity contribution in [2.24, 2.45) is 0 Å². The molecule has 1 atom stereocenters. The van der Waals surface area contributed by atoms with E-state index in [0.29, 0.717) is 17.3 Å². The summed E-state index contributed by atoms with van der Waals surface area (Å²) in [5.74, 6) is 2.09. The summed E-state index contributed by atoms with van der Waals surface area (Å²) in [4.78, 5) is 11.9. The number of rotatable bonds is 4. The molecule has 0 saturated heterocycles. The van der Waals surface area contributed by atoms with Gasteiger partial charge < -0.3 is 14.8 Å². The maximum absolute atomic E-state index is 11.9. The van der Waals surface area contributed by atoms with E-state index in [2.05, 4.69) is 34.7 Å². The van der Waals surface area contributed by atoms with Gasteiger partial charge in [0.25, 0.3) is 0 Å². The van der Waals surface area contributed by atoms with Crippen LogP contribution >= 0.6 is 0 Å². The Balaban J connectivity index is 2.10. The lowest BCUT2D eigenvalue weighted by Crippen LogP contribution is -2.38. The molecule has 0 fully saturated rings. The molecule has 2 heterocycles. The molecular weight excluding hydrogens is 296 g/mol. The first-order valence-electron chi connectivity index (χ1n) is 7.42. The van der Waals surface area contributed by atoms with Gasteiger partial charge in [-0.2, -0.15) is 5.10 Å². The molecule has 1 aromatic carbocycles. The van der Waals surface area contributed by atoms with E-state index in [4.69, 9.17) is 9.47 Å². The molecule has 7 heteroatoms. The van der Waals surface area contributed by atoms with Crippen LogP contribution in [0.2, 0.25) is 0 Å². The van der Waals surface area contributed by atoms with Crippen LogP contribution in [0.4, 0.5) is 10.6 Å². The number of hydrogen-bond donors (Lipinski definition) is 3. The average Bonchev–Trinajstić information content (AvgIpc) is 2.97. The standard InChI is InChI=1S/C16H20N4O3/c1-8(2)13-12-14(17-16(21)18-15(12)20-19-13)9-5-6-10(22-3)11(7-9)23-4/h5-8,14H,1-4H3,(H3,17,18,19,20,21). The van der Waals surface area contributed by atoms with Crippen LogP contribution < -0.4 is 20.1 Å². The first kappa shape index (κ1) is 15.2. The van der Waals surface area contributed by atoms with Crippen molar-refractivity contribution in [1.82, 2.24) is 15.5 Å². The molecule has 0 aliphatic carbocycles. The van der Waals surface area contributed by atoms with E-state index < -0.39 is 0 Å². The van der Waals surface area contributed by atoms with Crippen LogP contribution in [0.3, 0.4) is 0 Å². The summed E-state index contributed by atoms with van der Waals surface area (Å²) < 4.78 is 10.6. The normalized spacial score (nSPS) is 16.6. The molecule has 0 bridgehead atoms. The van der Waals surface area contributed by atoms with Crippen molar-refractivity contribution in [2.75, 3.05) is 19.5 Å². The molecule has 1 unspecified atom stereocenters. The van der Waals surface area contributed by atoms with E-state index in [1.807, 2.05) is 18.2 Å². The van der Waals surface area contributed by atoms with E-state index >= 15 is 0 Å². The summed E-state index contributed by atoms with van der Waals surface area (Å²) in [6.07, 6.45) is 0. The largest absolute Gasteiger partial charge is 0.493 e. The first-order valence-corrected chi connectivity index (χ1v) is 7.42. The monoisotopic (exact) mass is 316 g/mol. The fourth-order valence-corrected chi connectivity index (χ4v) is 2.82. The molecule has 1 aliphatic rings. The number of carbonyl (C=O) groups is 1. The zero-order valence-corrected chi connectivity index (χ0v) is 13.6. The van der Waals surface area contributed by atoms with Gasteiger partial charge in [0.2, 0.25) is 0 Å². The van der Waals surface area contributed by atoms with E-state index in [-0.39, 0.29) is 18.0 Å². The van der Waals surface area contributed by atoms with E-state index in [9.17, 15) is 4.79 Å².